The fraction of sp³-hybridized carbons (Fsp3) is 0.967. The normalized spacial score (nSPS) is 12.4. The van der Waals surface area contributed by atoms with Gasteiger partial charge in [-0.2, -0.15) is 0 Å². The molecule has 0 heterocycles. The number of unbranched alkanes of at least 4 members (excludes halogenated alkanes) is 20. The highest BCUT2D eigenvalue weighted by atomic mass is 16.1. The van der Waals surface area contributed by atoms with Crippen molar-refractivity contribution in [2.75, 3.05) is 0 Å². The highest BCUT2D eigenvalue weighted by molar-refractivity contribution is 5.78. The molecule has 0 aliphatic heterocycles. The summed E-state index contributed by atoms with van der Waals surface area (Å²) in [5.41, 5.74) is 0. The summed E-state index contributed by atoms with van der Waals surface area (Å²) in [5, 5.41) is 0. The highest BCUT2D eigenvalue weighted by Gasteiger charge is 2.09. The van der Waals surface area contributed by atoms with E-state index in [0.717, 1.165) is 19.3 Å². The van der Waals surface area contributed by atoms with Crippen molar-refractivity contribution in [3.8, 4) is 0 Å². The van der Waals surface area contributed by atoms with Crippen molar-refractivity contribution < 1.29 is 4.79 Å². The lowest BCUT2D eigenvalue weighted by Gasteiger charge is -2.10. The maximum atomic E-state index is 12.1. The van der Waals surface area contributed by atoms with Gasteiger partial charge in [-0.25, -0.2) is 0 Å². The number of carbonyl (C=O) groups is 1. The number of hydrogen-bond acceptors (Lipinski definition) is 1. The second kappa shape index (κ2) is 25.9. The van der Waals surface area contributed by atoms with Crippen LogP contribution in [-0.2, 0) is 4.79 Å². The predicted molar refractivity (Wildman–Crippen MR) is 141 cm³/mol. The average molecular weight is 437 g/mol. The zero-order chi connectivity index (χ0) is 22.8. The molecule has 0 bridgehead atoms. The van der Waals surface area contributed by atoms with E-state index in [4.69, 9.17) is 0 Å². The van der Waals surface area contributed by atoms with Crippen LogP contribution < -0.4 is 0 Å². The Labute approximate surface area is 197 Å². The van der Waals surface area contributed by atoms with Crippen molar-refractivity contribution >= 4 is 5.78 Å². The lowest BCUT2D eigenvalue weighted by molar-refractivity contribution is -0.120. The van der Waals surface area contributed by atoms with Crippen LogP contribution in [0.3, 0.4) is 0 Å². The van der Waals surface area contributed by atoms with Gasteiger partial charge in [-0.05, 0) is 12.3 Å². The van der Waals surface area contributed by atoms with Crippen LogP contribution in [0.5, 0.6) is 0 Å². The lowest BCUT2D eigenvalue weighted by atomic mass is 9.95. The van der Waals surface area contributed by atoms with Gasteiger partial charge in [-0.1, -0.05) is 162 Å². The molecular weight excluding hydrogens is 376 g/mol. The van der Waals surface area contributed by atoms with Crippen molar-refractivity contribution in [3.63, 3.8) is 0 Å². The molecule has 0 amide bonds. The molecule has 0 aliphatic rings. The maximum absolute atomic E-state index is 12.1. The van der Waals surface area contributed by atoms with Gasteiger partial charge in [-0.3, -0.25) is 4.79 Å². The molecule has 0 aromatic carbocycles. The molecule has 0 aromatic rings. The van der Waals surface area contributed by atoms with E-state index in [1.807, 2.05) is 0 Å². The van der Waals surface area contributed by atoms with Gasteiger partial charge >= 0.3 is 0 Å². The summed E-state index contributed by atoms with van der Waals surface area (Å²) in [6.45, 7) is 6.84. The second-order valence-electron chi connectivity index (χ2n) is 10.5. The number of hydrogen-bond donors (Lipinski definition) is 0. The minimum atomic E-state index is 0.516. The molecule has 0 saturated heterocycles. The van der Waals surface area contributed by atoms with Gasteiger partial charge in [0.1, 0.15) is 5.78 Å². The quantitative estimate of drug-likeness (QED) is 0.123. The third-order valence-corrected chi connectivity index (χ3v) is 6.94. The third-order valence-electron chi connectivity index (χ3n) is 6.94. The largest absolute Gasteiger partial charge is 0.300 e. The Morgan fingerprint density at radius 2 is 0.806 bits per heavy atom. The van der Waals surface area contributed by atoms with Crippen LogP contribution >= 0.6 is 0 Å². The van der Waals surface area contributed by atoms with E-state index in [2.05, 4.69) is 20.8 Å². The molecule has 1 unspecified atom stereocenters. The summed E-state index contributed by atoms with van der Waals surface area (Å²) in [7, 11) is 0. The number of ketones is 1. The van der Waals surface area contributed by atoms with E-state index < -0.39 is 0 Å². The molecule has 0 spiro atoms. The van der Waals surface area contributed by atoms with Crippen LogP contribution in [0.15, 0.2) is 0 Å². The Balaban J connectivity index is 3.26. The van der Waals surface area contributed by atoms with Crippen molar-refractivity contribution in [2.45, 2.75) is 181 Å². The van der Waals surface area contributed by atoms with Crippen molar-refractivity contribution in [3.05, 3.63) is 0 Å². The molecule has 1 atom stereocenters. The smallest absolute Gasteiger partial charge is 0.133 e. The van der Waals surface area contributed by atoms with Gasteiger partial charge in [0.25, 0.3) is 0 Å². The van der Waals surface area contributed by atoms with Gasteiger partial charge in [0.15, 0.2) is 0 Å². The van der Waals surface area contributed by atoms with E-state index in [1.54, 1.807) is 0 Å². The van der Waals surface area contributed by atoms with Crippen molar-refractivity contribution in [1.29, 1.82) is 0 Å². The van der Waals surface area contributed by atoms with E-state index in [-0.39, 0.29) is 0 Å². The number of Topliss-reactive ketones (excluding diaryl/α,β-unsaturated/α-hetero) is 1. The molecular formula is C30H60O. The molecule has 0 fully saturated rings. The SMILES string of the molecule is CCCCCCCCCCCCCCCCCC(C)CC(=O)CCCCCCCCC. The minimum absolute atomic E-state index is 0.516. The first-order chi connectivity index (χ1) is 15.2. The third kappa shape index (κ3) is 25.8. The van der Waals surface area contributed by atoms with Crippen LogP contribution in [0.25, 0.3) is 0 Å². The molecule has 0 N–H and O–H groups in total. The molecule has 0 radical (unpaired) electrons. The predicted octanol–water partition coefficient (Wildman–Crippen LogP) is 11.0. The maximum Gasteiger partial charge on any atom is 0.133 e. The molecule has 0 saturated carbocycles. The van der Waals surface area contributed by atoms with E-state index in [0.29, 0.717) is 11.7 Å². The summed E-state index contributed by atoms with van der Waals surface area (Å²) in [5.74, 6) is 1.11. The Hall–Kier alpha value is -0.330. The summed E-state index contributed by atoms with van der Waals surface area (Å²) in [4.78, 5) is 12.1. The average Bonchev–Trinajstić information content (AvgIpc) is 2.75. The molecule has 1 heteroatoms. The van der Waals surface area contributed by atoms with E-state index in [1.165, 1.54) is 141 Å². The van der Waals surface area contributed by atoms with Crippen LogP contribution in [0, 0.1) is 5.92 Å². The second-order valence-corrected chi connectivity index (χ2v) is 10.5. The minimum Gasteiger partial charge on any atom is -0.300 e. The lowest BCUT2D eigenvalue weighted by Crippen LogP contribution is -2.05. The standard InChI is InChI=1S/C30H60O/c1-4-6-8-10-12-13-14-15-16-17-18-19-21-22-24-26-29(3)28-30(31)27-25-23-20-11-9-7-5-2/h29H,4-28H2,1-3H3. The fourth-order valence-electron chi connectivity index (χ4n) is 4.74. The Kier molecular flexibility index (Phi) is 25.7. The highest BCUT2D eigenvalue weighted by Crippen LogP contribution is 2.18. The Morgan fingerprint density at radius 1 is 0.484 bits per heavy atom. The zero-order valence-corrected chi connectivity index (χ0v) is 22.2. The van der Waals surface area contributed by atoms with E-state index in [9.17, 15) is 4.79 Å². The molecule has 0 aliphatic carbocycles. The van der Waals surface area contributed by atoms with E-state index >= 15 is 0 Å². The topological polar surface area (TPSA) is 17.1 Å². The Bertz CT molecular complexity index is 348. The van der Waals surface area contributed by atoms with Crippen LogP contribution in [0.1, 0.15) is 181 Å². The van der Waals surface area contributed by atoms with Crippen molar-refractivity contribution in [1.82, 2.24) is 0 Å². The van der Waals surface area contributed by atoms with Crippen LogP contribution in [0.4, 0.5) is 0 Å². The monoisotopic (exact) mass is 436 g/mol. The van der Waals surface area contributed by atoms with Crippen LogP contribution in [-0.4, -0.2) is 5.78 Å². The summed E-state index contributed by atoms with van der Waals surface area (Å²) >= 11 is 0. The zero-order valence-electron chi connectivity index (χ0n) is 22.2. The van der Waals surface area contributed by atoms with Gasteiger partial charge < -0.3 is 0 Å². The van der Waals surface area contributed by atoms with Crippen molar-refractivity contribution in [2.24, 2.45) is 5.92 Å². The first-order valence-corrected chi connectivity index (χ1v) is 14.7. The number of carbonyl (C=O) groups excluding carboxylic acids is 1. The summed E-state index contributed by atoms with van der Waals surface area (Å²) in [6, 6.07) is 0. The first kappa shape index (κ1) is 30.7. The van der Waals surface area contributed by atoms with Gasteiger partial charge in [0.2, 0.25) is 0 Å². The van der Waals surface area contributed by atoms with Gasteiger partial charge in [0.05, 0.1) is 0 Å². The number of rotatable bonds is 26. The van der Waals surface area contributed by atoms with Gasteiger partial charge in [-0.15, -0.1) is 0 Å². The van der Waals surface area contributed by atoms with Gasteiger partial charge in [0, 0.05) is 12.8 Å². The first-order valence-electron chi connectivity index (χ1n) is 14.7. The molecule has 0 rings (SSSR count). The molecule has 1 nitrogen and oxygen atoms in total. The molecule has 0 aromatic heterocycles. The van der Waals surface area contributed by atoms with Crippen LogP contribution in [0.2, 0.25) is 0 Å². The summed E-state index contributed by atoms with van der Waals surface area (Å²) in [6.07, 6.45) is 33.4. The Morgan fingerprint density at radius 3 is 1.19 bits per heavy atom. The molecule has 31 heavy (non-hydrogen) atoms. The molecule has 186 valence electrons. The summed E-state index contributed by atoms with van der Waals surface area (Å²) < 4.78 is 0. The fourth-order valence-corrected chi connectivity index (χ4v) is 4.74.